The molecule has 0 radical (unpaired) electrons. The Morgan fingerprint density at radius 1 is 1.22 bits per heavy atom. The maximum Gasteiger partial charge on any atom is 0.253 e. The van der Waals surface area contributed by atoms with Gasteiger partial charge in [0.2, 0.25) is 5.95 Å². The molecule has 0 spiro atoms. The third-order valence-corrected chi connectivity index (χ3v) is 8.14. The second kappa shape index (κ2) is 10.4. The molecule has 3 heterocycles. The van der Waals surface area contributed by atoms with Crippen LogP contribution in [-0.2, 0) is 9.84 Å². The maximum absolute atomic E-state index is 13.0. The van der Waals surface area contributed by atoms with Crippen LogP contribution in [0.4, 0.5) is 11.6 Å². The Kier molecular flexibility index (Phi) is 7.51. The largest absolute Gasteiger partial charge is 0.495 e. The molecule has 0 bridgehead atoms. The molecule has 10 nitrogen and oxygen atoms in total. The number of hydrogen-bond donors (Lipinski definition) is 1. The molecule has 3 aromatic rings. The fourth-order valence-corrected chi connectivity index (χ4v) is 5.36. The van der Waals surface area contributed by atoms with Crippen LogP contribution in [0.3, 0.4) is 0 Å². The number of nitrogens with one attached hydrogen (secondary N) is 1. The summed E-state index contributed by atoms with van der Waals surface area (Å²) in [6, 6.07) is 5.27. The predicted molar refractivity (Wildman–Crippen MR) is 139 cm³/mol. The summed E-state index contributed by atoms with van der Waals surface area (Å²) in [4.78, 5) is 23.5. The van der Waals surface area contributed by atoms with Crippen molar-refractivity contribution < 1.29 is 17.9 Å². The summed E-state index contributed by atoms with van der Waals surface area (Å²) in [5.74, 6) is 0.588. The van der Waals surface area contributed by atoms with Crippen molar-refractivity contribution in [2.24, 2.45) is 0 Å². The minimum Gasteiger partial charge on any atom is -0.495 e. The van der Waals surface area contributed by atoms with E-state index >= 15 is 0 Å². The van der Waals surface area contributed by atoms with Gasteiger partial charge in [0.1, 0.15) is 15.6 Å². The smallest absolute Gasteiger partial charge is 0.253 e. The number of methoxy groups -OCH3 is 1. The number of nitrogens with zero attached hydrogens (tertiary/aromatic N) is 5. The lowest BCUT2D eigenvalue weighted by Crippen LogP contribution is -2.42. The topological polar surface area (TPSA) is 119 Å². The molecule has 0 aliphatic carbocycles. The van der Waals surface area contributed by atoms with Crippen LogP contribution in [0.25, 0.3) is 11.3 Å². The standard InChI is InChI=1S/C24H29ClN6O4S/c1-15(2)31-14-17(12-27-31)22-19(25)13-26-24(29-22)28-20-6-5-16(11-21(20)35-3)23(32)30-9-7-18(8-10-30)36(4,33)34/h5-6,11-15,18H,7-10H2,1-4H3,(H,26,28,29). The summed E-state index contributed by atoms with van der Waals surface area (Å²) >= 11 is 6.35. The third kappa shape index (κ3) is 5.62. The molecule has 0 saturated carbocycles. The maximum atomic E-state index is 13.0. The van der Waals surface area contributed by atoms with Crippen molar-refractivity contribution in [1.29, 1.82) is 0 Å². The molecule has 192 valence electrons. The van der Waals surface area contributed by atoms with Crippen molar-refractivity contribution in [2.75, 3.05) is 31.8 Å². The van der Waals surface area contributed by atoms with Crippen LogP contribution < -0.4 is 10.1 Å². The summed E-state index contributed by atoms with van der Waals surface area (Å²) in [7, 11) is -1.59. The Hall–Kier alpha value is -3.18. The van der Waals surface area contributed by atoms with Gasteiger partial charge in [-0.1, -0.05) is 11.6 Å². The van der Waals surface area contributed by atoms with E-state index in [9.17, 15) is 13.2 Å². The van der Waals surface area contributed by atoms with Crippen LogP contribution in [0.2, 0.25) is 5.02 Å². The minimum absolute atomic E-state index is 0.168. The number of benzene rings is 1. The highest BCUT2D eigenvalue weighted by Crippen LogP contribution is 2.31. The van der Waals surface area contributed by atoms with Crippen LogP contribution in [0.5, 0.6) is 5.75 Å². The number of sulfone groups is 1. The van der Waals surface area contributed by atoms with Gasteiger partial charge in [0, 0.05) is 42.7 Å². The van der Waals surface area contributed by atoms with Crippen LogP contribution in [0, 0.1) is 0 Å². The molecule has 1 aliphatic heterocycles. The van der Waals surface area contributed by atoms with E-state index in [0.29, 0.717) is 59.6 Å². The molecular formula is C24H29ClN6O4S. The first-order valence-electron chi connectivity index (χ1n) is 11.6. The second-order valence-electron chi connectivity index (χ2n) is 9.05. The van der Waals surface area contributed by atoms with E-state index in [1.165, 1.54) is 19.6 Å². The van der Waals surface area contributed by atoms with Crippen molar-refractivity contribution in [3.63, 3.8) is 0 Å². The molecule has 36 heavy (non-hydrogen) atoms. The van der Waals surface area contributed by atoms with Gasteiger partial charge in [-0.3, -0.25) is 9.48 Å². The third-order valence-electron chi connectivity index (χ3n) is 6.18. The number of carbonyl (C=O) groups is 1. The van der Waals surface area contributed by atoms with E-state index in [1.54, 1.807) is 29.3 Å². The van der Waals surface area contributed by atoms with Gasteiger partial charge < -0.3 is 15.0 Å². The number of likely N-dealkylation sites (tertiary alicyclic amines) is 1. The normalized spacial score (nSPS) is 14.8. The van der Waals surface area contributed by atoms with Crippen LogP contribution >= 0.6 is 11.6 Å². The lowest BCUT2D eigenvalue weighted by molar-refractivity contribution is 0.0725. The molecule has 0 atom stereocenters. The molecule has 1 fully saturated rings. The first-order valence-corrected chi connectivity index (χ1v) is 13.9. The number of ether oxygens (including phenoxy) is 1. The van der Waals surface area contributed by atoms with E-state index in [2.05, 4.69) is 20.4 Å². The Morgan fingerprint density at radius 3 is 2.56 bits per heavy atom. The van der Waals surface area contributed by atoms with Crippen molar-refractivity contribution >= 4 is 39.0 Å². The van der Waals surface area contributed by atoms with Gasteiger partial charge in [0.15, 0.2) is 0 Å². The van der Waals surface area contributed by atoms with Gasteiger partial charge in [0.25, 0.3) is 5.91 Å². The molecule has 2 aromatic heterocycles. The zero-order valence-corrected chi connectivity index (χ0v) is 22.2. The summed E-state index contributed by atoms with van der Waals surface area (Å²) in [6.07, 6.45) is 7.22. The van der Waals surface area contributed by atoms with Crippen molar-refractivity contribution in [3.8, 4) is 17.0 Å². The van der Waals surface area contributed by atoms with Crippen molar-refractivity contribution in [1.82, 2.24) is 24.6 Å². The number of halogens is 1. The summed E-state index contributed by atoms with van der Waals surface area (Å²) in [5.41, 5.74) is 2.35. The van der Waals surface area contributed by atoms with E-state index in [1.807, 2.05) is 24.7 Å². The van der Waals surface area contributed by atoms with Crippen molar-refractivity contribution in [2.45, 2.75) is 38.0 Å². The average molecular weight is 533 g/mol. The zero-order valence-electron chi connectivity index (χ0n) is 20.6. The predicted octanol–water partition coefficient (Wildman–Crippen LogP) is 3.98. The van der Waals surface area contributed by atoms with Crippen LogP contribution in [-0.4, -0.2) is 70.7 Å². The molecule has 4 rings (SSSR count). The average Bonchev–Trinajstić information content (AvgIpc) is 3.35. The number of anilines is 2. The van der Waals surface area contributed by atoms with Gasteiger partial charge in [-0.15, -0.1) is 0 Å². The van der Waals surface area contributed by atoms with Gasteiger partial charge in [0.05, 0.1) is 41.2 Å². The van der Waals surface area contributed by atoms with E-state index in [-0.39, 0.29) is 11.9 Å². The number of aromatic nitrogens is 4. The summed E-state index contributed by atoms with van der Waals surface area (Å²) in [6.45, 7) is 4.86. The van der Waals surface area contributed by atoms with E-state index in [0.717, 1.165) is 5.56 Å². The first kappa shape index (κ1) is 25.9. The Bertz CT molecular complexity index is 1370. The fraction of sp³-hybridized carbons (Fsp3) is 0.417. The molecule has 0 unspecified atom stereocenters. The second-order valence-corrected chi connectivity index (χ2v) is 11.8. The number of rotatable bonds is 7. The van der Waals surface area contributed by atoms with Crippen molar-refractivity contribution in [3.05, 3.63) is 47.4 Å². The fourth-order valence-electron chi connectivity index (χ4n) is 4.09. The van der Waals surface area contributed by atoms with Gasteiger partial charge >= 0.3 is 0 Å². The molecule has 1 aromatic carbocycles. The lowest BCUT2D eigenvalue weighted by Gasteiger charge is -2.31. The van der Waals surface area contributed by atoms with Crippen LogP contribution in [0.15, 0.2) is 36.8 Å². The first-order chi connectivity index (χ1) is 17.1. The van der Waals surface area contributed by atoms with E-state index < -0.39 is 15.1 Å². The number of amides is 1. The molecule has 12 heteroatoms. The number of carbonyl (C=O) groups excluding carboxylic acids is 1. The number of hydrogen-bond acceptors (Lipinski definition) is 8. The van der Waals surface area contributed by atoms with Gasteiger partial charge in [-0.2, -0.15) is 5.10 Å². The molecule has 1 N–H and O–H groups in total. The Labute approximate surface area is 215 Å². The number of piperidine rings is 1. The summed E-state index contributed by atoms with van der Waals surface area (Å²) < 4.78 is 30.9. The van der Waals surface area contributed by atoms with Gasteiger partial charge in [-0.05, 0) is 44.9 Å². The Morgan fingerprint density at radius 2 is 1.94 bits per heavy atom. The molecule has 1 amide bonds. The monoisotopic (exact) mass is 532 g/mol. The SMILES string of the molecule is COc1cc(C(=O)N2CCC(S(C)(=O)=O)CC2)ccc1Nc1ncc(Cl)c(-c2cnn(C(C)C)c2)n1. The quantitative estimate of drug-likeness (QED) is 0.485. The Balaban J connectivity index is 1.52. The molecule has 1 saturated heterocycles. The molecular weight excluding hydrogens is 504 g/mol. The van der Waals surface area contributed by atoms with Crippen LogP contribution in [0.1, 0.15) is 43.1 Å². The lowest BCUT2D eigenvalue weighted by atomic mass is 10.1. The van der Waals surface area contributed by atoms with Gasteiger partial charge in [-0.25, -0.2) is 18.4 Å². The molecule has 1 aliphatic rings. The highest BCUT2D eigenvalue weighted by Gasteiger charge is 2.29. The van der Waals surface area contributed by atoms with E-state index in [4.69, 9.17) is 16.3 Å². The highest BCUT2D eigenvalue weighted by atomic mass is 35.5. The minimum atomic E-state index is -3.10. The zero-order chi connectivity index (χ0) is 26.0. The summed E-state index contributed by atoms with van der Waals surface area (Å²) in [5, 5.41) is 7.48. The highest BCUT2D eigenvalue weighted by molar-refractivity contribution is 7.91.